The standard InChI is InChI=1S/C13H27NO2/c1-11(7-8-13(2,3)4)10-14-12(16)6-5-9-15/h11,15H,5-10H2,1-4H3,(H,14,16). The lowest BCUT2D eigenvalue weighted by atomic mass is 9.87. The normalized spacial score (nSPS) is 13.6. The van der Waals surface area contributed by atoms with Crippen molar-refractivity contribution in [2.24, 2.45) is 11.3 Å². The van der Waals surface area contributed by atoms with Crippen molar-refractivity contribution in [3.63, 3.8) is 0 Å². The van der Waals surface area contributed by atoms with Gasteiger partial charge in [-0.15, -0.1) is 0 Å². The zero-order chi connectivity index (χ0) is 12.6. The highest BCUT2D eigenvalue weighted by atomic mass is 16.3. The van der Waals surface area contributed by atoms with Crippen molar-refractivity contribution < 1.29 is 9.90 Å². The van der Waals surface area contributed by atoms with Crippen LogP contribution in [0.1, 0.15) is 53.4 Å². The van der Waals surface area contributed by atoms with Crippen molar-refractivity contribution in [2.45, 2.75) is 53.4 Å². The number of carbonyl (C=O) groups excluding carboxylic acids is 1. The second-order valence-corrected chi connectivity index (χ2v) is 5.84. The van der Waals surface area contributed by atoms with E-state index in [1.54, 1.807) is 0 Å². The Hall–Kier alpha value is -0.570. The van der Waals surface area contributed by atoms with E-state index in [1.807, 2.05) is 0 Å². The Balaban J connectivity index is 3.57. The van der Waals surface area contributed by atoms with Gasteiger partial charge in [-0.05, 0) is 30.6 Å². The zero-order valence-electron chi connectivity index (χ0n) is 11.2. The first-order valence-corrected chi connectivity index (χ1v) is 6.22. The molecule has 0 heterocycles. The Labute approximate surface area is 99.6 Å². The predicted molar refractivity (Wildman–Crippen MR) is 67.2 cm³/mol. The van der Waals surface area contributed by atoms with Gasteiger partial charge in [0.15, 0.2) is 0 Å². The van der Waals surface area contributed by atoms with Crippen molar-refractivity contribution in [3.05, 3.63) is 0 Å². The Morgan fingerprint density at radius 1 is 1.38 bits per heavy atom. The molecule has 0 saturated carbocycles. The lowest BCUT2D eigenvalue weighted by molar-refractivity contribution is -0.121. The molecular weight excluding hydrogens is 202 g/mol. The summed E-state index contributed by atoms with van der Waals surface area (Å²) in [6.45, 7) is 9.71. The number of carbonyl (C=O) groups is 1. The van der Waals surface area contributed by atoms with E-state index in [1.165, 1.54) is 6.42 Å². The average Bonchev–Trinajstić information content (AvgIpc) is 2.19. The minimum atomic E-state index is 0.0525. The molecule has 0 aromatic heterocycles. The van der Waals surface area contributed by atoms with Crippen molar-refractivity contribution in [1.29, 1.82) is 0 Å². The van der Waals surface area contributed by atoms with Gasteiger partial charge in [-0.3, -0.25) is 4.79 Å². The van der Waals surface area contributed by atoms with Crippen molar-refractivity contribution in [3.8, 4) is 0 Å². The Morgan fingerprint density at radius 3 is 2.50 bits per heavy atom. The summed E-state index contributed by atoms with van der Waals surface area (Å²) in [5, 5.41) is 11.5. The van der Waals surface area contributed by atoms with Gasteiger partial charge in [0.05, 0.1) is 0 Å². The smallest absolute Gasteiger partial charge is 0.220 e. The average molecular weight is 229 g/mol. The van der Waals surface area contributed by atoms with Gasteiger partial charge in [0.2, 0.25) is 5.91 Å². The van der Waals surface area contributed by atoms with E-state index < -0.39 is 0 Å². The van der Waals surface area contributed by atoms with E-state index in [9.17, 15) is 4.79 Å². The lowest BCUT2D eigenvalue weighted by Gasteiger charge is -2.21. The summed E-state index contributed by atoms with van der Waals surface area (Å²) in [4.78, 5) is 11.3. The van der Waals surface area contributed by atoms with Gasteiger partial charge in [0, 0.05) is 19.6 Å². The number of nitrogens with one attached hydrogen (secondary N) is 1. The molecule has 0 spiro atoms. The number of aliphatic hydroxyl groups excluding tert-OH is 1. The van der Waals surface area contributed by atoms with E-state index in [0.29, 0.717) is 24.2 Å². The SMILES string of the molecule is CC(CCC(C)(C)C)CNC(=O)CCCO. The summed E-state index contributed by atoms with van der Waals surface area (Å²) >= 11 is 0. The third kappa shape index (κ3) is 9.97. The van der Waals surface area contributed by atoms with Crippen molar-refractivity contribution in [1.82, 2.24) is 5.32 Å². The number of rotatable bonds is 7. The van der Waals surface area contributed by atoms with E-state index >= 15 is 0 Å². The summed E-state index contributed by atoms with van der Waals surface area (Å²) in [5.41, 5.74) is 0.370. The molecule has 0 bridgehead atoms. The van der Waals surface area contributed by atoms with Gasteiger partial charge in [-0.25, -0.2) is 0 Å². The molecule has 0 saturated heterocycles. The van der Waals surface area contributed by atoms with Gasteiger partial charge in [0.25, 0.3) is 0 Å². The van der Waals surface area contributed by atoms with E-state index in [2.05, 4.69) is 33.0 Å². The van der Waals surface area contributed by atoms with Crippen LogP contribution in [0.25, 0.3) is 0 Å². The second kappa shape index (κ2) is 7.66. The Morgan fingerprint density at radius 2 is 2.00 bits per heavy atom. The number of amides is 1. The van der Waals surface area contributed by atoms with Crippen LogP contribution in [0.15, 0.2) is 0 Å². The van der Waals surface area contributed by atoms with Crippen molar-refractivity contribution >= 4 is 5.91 Å². The van der Waals surface area contributed by atoms with E-state index in [-0.39, 0.29) is 12.5 Å². The molecule has 0 aromatic carbocycles. The predicted octanol–water partition coefficient (Wildman–Crippen LogP) is 2.34. The zero-order valence-corrected chi connectivity index (χ0v) is 11.2. The third-order valence-electron chi connectivity index (χ3n) is 2.60. The minimum absolute atomic E-state index is 0.0525. The molecule has 16 heavy (non-hydrogen) atoms. The molecule has 0 fully saturated rings. The number of hydrogen-bond donors (Lipinski definition) is 2. The van der Waals surface area contributed by atoms with Crippen LogP contribution in [0.4, 0.5) is 0 Å². The fourth-order valence-corrected chi connectivity index (χ4v) is 1.40. The van der Waals surface area contributed by atoms with Crippen LogP contribution in [0, 0.1) is 11.3 Å². The summed E-state index contributed by atoms with van der Waals surface area (Å²) in [7, 11) is 0. The summed E-state index contributed by atoms with van der Waals surface area (Å²) in [6, 6.07) is 0. The quantitative estimate of drug-likeness (QED) is 0.704. The maximum atomic E-state index is 11.3. The van der Waals surface area contributed by atoms with E-state index in [0.717, 1.165) is 13.0 Å². The Bertz CT molecular complexity index is 197. The van der Waals surface area contributed by atoms with Crippen LogP contribution >= 0.6 is 0 Å². The van der Waals surface area contributed by atoms with Gasteiger partial charge in [-0.2, -0.15) is 0 Å². The molecular formula is C13H27NO2. The van der Waals surface area contributed by atoms with E-state index in [4.69, 9.17) is 5.11 Å². The number of aliphatic hydroxyl groups is 1. The van der Waals surface area contributed by atoms with Crippen LogP contribution in [0.2, 0.25) is 0 Å². The van der Waals surface area contributed by atoms with Crippen LogP contribution in [-0.2, 0) is 4.79 Å². The second-order valence-electron chi connectivity index (χ2n) is 5.84. The molecule has 0 aromatic rings. The third-order valence-corrected chi connectivity index (χ3v) is 2.60. The summed E-state index contributed by atoms with van der Waals surface area (Å²) in [6.07, 6.45) is 3.31. The molecule has 2 N–H and O–H groups in total. The molecule has 96 valence electrons. The molecule has 3 nitrogen and oxygen atoms in total. The first-order valence-electron chi connectivity index (χ1n) is 6.22. The van der Waals surface area contributed by atoms with Crippen LogP contribution < -0.4 is 5.32 Å². The molecule has 0 aliphatic rings. The highest BCUT2D eigenvalue weighted by Gasteiger charge is 2.12. The molecule has 3 heteroatoms. The van der Waals surface area contributed by atoms with Gasteiger partial charge >= 0.3 is 0 Å². The topological polar surface area (TPSA) is 49.3 Å². The van der Waals surface area contributed by atoms with Crippen LogP contribution in [0.5, 0.6) is 0 Å². The molecule has 0 aliphatic heterocycles. The molecule has 0 rings (SSSR count). The minimum Gasteiger partial charge on any atom is -0.396 e. The highest BCUT2D eigenvalue weighted by Crippen LogP contribution is 2.23. The van der Waals surface area contributed by atoms with Crippen LogP contribution in [-0.4, -0.2) is 24.2 Å². The molecule has 1 amide bonds. The maximum Gasteiger partial charge on any atom is 0.220 e. The largest absolute Gasteiger partial charge is 0.396 e. The molecule has 1 atom stereocenters. The lowest BCUT2D eigenvalue weighted by Crippen LogP contribution is -2.28. The molecule has 1 unspecified atom stereocenters. The Kier molecular flexibility index (Phi) is 7.39. The fourth-order valence-electron chi connectivity index (χ4n) is 1.40. The van der Waals surface area contributed by atoms with Gasteiger partial charge < -0.3 is 10.4 Å². The first-order chi connectivity index (χ1) is 7.35. The first kappa shape index (κ1) is 15.4. The molecule has 0 radical (unpaired) electrons. The maximum absolute atomic E-state index is 11.3. The molecule has 0 aliphatic carbocycles. The van der Waals surface area contributed by atoms with Crippen LogP contribution in [0.3, 0.4) is 0 Å². The fraction of sp³-hybridized carbons (Fsp3) is 0.923. The van der Waals surface area contributed by atoms with Crippen molar-refractivity contribution in [2.75, 3.05) is 13.2 Å². The van der Waals surface area contributed by atoms with Gasteiger partial charge in [0.1, 0.15) is 0 Å². The highest BCUT2D eigenvalue weighted by molar-refractivity contribution is 5.75. The van der Waals surface area contributed by atoms with Gasteiger partial charge in [-0.1, -0.05) is 27.7 Å². The number of hydrogen-bond acceptors (Lipinski definition) is 2. The monoisotopic (exact) mass is 229 g/mol. The summed E-state index contributed by atoms with van der Waals surface area (Å²) in [5.74, 6) is 0.578. The summed E-state index contributed by atoms with van der Waals surface area (Å²) < 4.78 is 0.